The van der Waals surface area contributed by atoms with E-state index in [-0.39, 0.29) is 35.6 Å². The topological polar surface area (TPSA) is 65.1 Å². The SMILES string of the molecule is CCOc1cccc(OC2=CC(=O)N(C(CC(C)C)C(=O)OC)C2)c1F. The maximum atomic E-state index is 14.4. The van der Waals surface area contributed by atoms with Crippen molar-refractivity contribution in [3.05, 3.63) is 35.9 Å². The van der Waals surface area contributed by atoms with Crippen LogP contribution in [0, 0.1) is 11.7 Å². The van der Waals surface area contributed by atoms with Crippen LogP contribution >= 0.6 is 0 Å². The molecule has 0 aromatic heterocycles. The van der Waals surface area contributed by atoms with Crippen molar-refractivity contribution >= 4 is 11.9 Å². The van der Waals surface area contributed by atoms with Crippen molar-refractivity contribution in [2.75, 3.05) is 20.3 Å². The van der Waals surface area contributed by atoms with E-state index in [0.717, 1.165) is 0 Å². The molecule has 1 aliphatic heterocycles. The molecule has 0 N–H and O–H groups in total. The minimum atomic E-state index is -0.704. The van der Waals surface area contributed by atoms with Crippen molar-refractivity contribution in [2.45, 2.75) is 33.2 Å². The number of hydrogen-bond donors (Lipinski definition) is 0. The lowest BCUT2D eigenvalue weighted by Gasteiger charge is -2.27. The molecule has 1 aliphatic rings. The fourth-order valence-corrected chi connectivity index (χ4v) is 2.75. The van der Waals surface area contributed by atoms with Crippen LogP contribution in [0.5, 0.6) is 11.5 Å². The van der Waals surface area contributed by atoms with Gasteiger partial charge in [-0.05, 0) is 31.4 Å². The van der Waals surface area contributed by atoms with Gasteiger partial charge in [0.05, 0.1) is 20.3 Å². The molecule has 0 aliphatic carbocycles. The molecule has 142 valence electrons. The molecule has 0 radical (unpaired) electrons. The second kappa shape index (κ2) is 8.69. The minimum absolute atomic E-state index is 0.0321. The molecule has 7 heteroatoms. The first-order valence-corrected chi connectivity index (χ1v) is 8.55. The summed E-state index contributed by atoms with van der Waals surface area (Å²) in [5.41, 5.74) is 0. The zero-order valence-electron chi connectivity index (χ0n) is 15.5. The standard InChI is InChI=1S/C19H24FNO5/c1-5-25-15-7-6-8-16(18(15)20)26-13-10-17(22)21(11-13)14(9-12(2)3)19(23)24-4/h6-8,10,12,14H,5,9,11H2,1-4H3. The lowest BCUT2D eigenvalue weighted by molar-refractivity contribution is -0.151. The average Bonchev–Trinajstić information content (AvgIpc) is 2.95. The first-order valence-electron chi connectivity index (χ1n) is 8.55. The predicted molar refractivity (Wildman–Crippen MR) is 93.3 cm³/mol. The molecule has 0 spiro atoms. The Balaban J connectivity index is 2.15. The van der Waals surface area contributed by atoms with Gasteiger partial charge < -0.3 is 19.1 Å². The number of methoxy groups -OCH3 is 1. The van der Waals surface area contributed by atoms with Crippen LogP contribution in [-0.4, -0.2) is 43.1 Å². The Morgan fingerprint density at radius 1 is 1.31 bits per heavy atom. The van der Waals surface area contributed by atoms with Crippen LogP contribution in [0.15, 0.2) is 30.0 Å². The molecule has 0 fully saturated rings. The van der Waals surface area contributed by atoms with E-state index >= 15 is 0 Å². The molecular formula is C19H24FNO5. The molecule has 2 rings (SSSR count). The number of nitrogens with zero attached hydrogens (tertiary/aromatic N) is 1. The van der Waals surface area contributed by atoms with E-state index in [1.807, 2.05) is 13.8 Å². The number of benzene rings is 1. The summed E-state index contributed by atoms with van der Waals surface area (Å²) in [7, 11) is 1.29. The summed E-state index contributed by atoms with van der Waals surface area (Å²) in [6, 6.07) is 3.86. The summed E-state index contributed by atoms with van der Waals surface area (Å²) in [6.45, 7) is 6.06. The van der Waals surface area contributed by atoms with E-state index in [1.165, 1.54) is 30.2 Å². The maximum absolute atomic E-state index is 14.4. The minimum Gasteiger partial charge on any atom is -0.491 e. The van der Waals surface area contributed by atoms with E-state index in [1.54, 1.807) is 13.0 Å². The van der Waals surface area contributed by atoms with Crippen LogP contribution in [0.25, 0.3) is 0 Å². The van der Waals surface area contributed by atoms with E-state index < -0.39 is 17.8 Å². The van der Waals surface area contributed by atoms with Crippen LogP contribution < -0.4 is 9.47 Å². The number of halogens is 1. The van der Waals surface area contributed by atoms with E-state index in [0.29, 0.717) is 13.0 Å². The molecular weight excluding hydrogens is 341 g/mol. The van der Waals surface area contributed by atoms with Crippen molar-refractivity contribution in [3.63, 3.8) is 0 Å². The van der Waals surface area contributed by atoms with Crippen molar-refractivity contribution in [3.8, 4) is 11.5 Å². The molecule has 0 saturated carbocycles. The number of carbonyl (C=O) groups is 2. The Kier molecular flexibility index (Phi) is 6.60. The fraction of sp³-hybridized carbons (Fsp3) is 0.474. The highest BCUT2D eigenvalue weighted by Crippen LogP contribution is 2.29. The van der Waals surface area contributed by atoms with E-state index in [4.69, 9.17) is 14.2 Å². The summed E-state index contributed by atoms with van der Waals surface area (Å²) < 4.78 is 29.9. The molecule has 1 amide bonds. The Morgan fingerprint density at radius 3 is 2.62 bits per heavy atom. The quantitative estimate of drug-likeness (QED) is 0.663. The van der Waals surface area contributed by atoms with Crippen molar-refractivity contribution < 1.29 is 28.2 Å². The van der Waals surface area contributed by atoms with Gasteiger partial charge in [0.1, 0.15) is 11.8 Å². The van der Waals surface area contributed by atoms with Gasteiger partial charge in [0.15, 0.2) is 11.5 Å². The highest BCUT2D eigenvalue weighted by Gasteiger charge is 2.35. The third kappa shape index (κ3) is 4.53. The molecule has 1 atom stereocenters. The number of carbonyl (C=O) groups excluding carboxylic acids is 2. The fourth-order valence-electron chi connectivity index (χ4n) is 2.75. The van der Waals surface area contributed by atoms with Crippen LogP contribution in [0.2, 0.25) is 0 Å². The van der Waals surface area contributed by atoms with Crippen LogP contribution in [0.1, 0.15) is 27.2 Å². The van der Waals surface area contributed by atoms with Gasteiger partial charge in [-0.2, -0.15) is 4.39 Å². The zero-order valence-corrected chi connectivity index (χ0v) is 15.5. The van der Waals surface area contributed by atoms with Crippen LogP contribution in [-0.2, 0) is 14.3 Å². The highest BCUT2D eigenvalue weighted by atomic mass is 19.1. The summed E-state index contributed by atoms with van der Waals surface area (Å²) >= 11 is 0. The Bertz CT molecular complexity index is 701. The van der Waals surface area contributed by atoms with Crippen LogP contribution in [0.4, 0.5) is 4.39 Å². The predicted octanol–water partition coefficient (Wildman–Crippen LogP) is 2.92. The van der Waals surface area contributed by atoms with Gasteiger partial charge in [-0.3, -0.25) is 4.79 Å². The molecule has 6 nitrogen and oxygen atoms in total. The van der Waals surface area contributed by atoms with Gasteiger partial charge in [-0.1, -0.05) is 19.9 Å². The van der Waals surface area contributed by atoms with Gasteiger partial charge in [-0.25, -0.2) is 4.79 Å². The number of rotatable bonds is 8. The maximum Gasteiger partial charge on any atom is 0.328 e. The van der Waals surface area contributed by atoms with Gasteiger partial charge in [-0.15, -0.1) is 0 Å². The van der Waals surface area contributed by atoms with Gasteiger partial charge in [0.2, 0.25) is 5.82 Å². The monoisotopic (exact) mass is 365 g/mol. The Labute approximate surface area is 152 Å². The first kappa shape index (κ1) is 19.8. The molecule has 1 aromatic rings. The third-order valence-corrected chi connectivity index (χ3v) is 3.91. The van der Waals surface area contributed by atoms with Crippen molar-refractivity contribution in [1.82, 2.24) is 4.90 Å². The van der Waals surface area contributed by atoms with Gasteiger partial charge in [0, 0.05) is 6.08 Å². The van der Waals surface area contributed by atoms with Gasteiger partial charge in [0.25, 0.3) is 5.91 Å². The smallest absolute Gasteiger partial charge is 0.328 e. The first-order chi connectivity index (χ1) is 12.4. The Morgan fingerprint density at radius 2 is 2.00 bits per heavy atom. The lowest BCUT2D eigenvalue weighted by Crippen LogP contribution is -2.44. The van der Waals surface area contributed by atoms with E-state index in [2.05, 4.69) is 0 Å². The summed E-state index contributed by atoms with van der Waals surface area (Å²) in [6.07, 6.45) is 1.73. The van der Waals surface area contributed by atoms with Gasteiger partial charge >= 0.3 is 5.97 Å². The summed E-state index contributed by atoms with van der Waals surface area (Å²) in [5, 5.41) is 0. The number of ether oxygens (including phenoxy) is 3. The molecule has 1 unspecified atom stereocenters. The lowest BCUT2D eigenvalue weighted by atomic mass is 10.0. The third-order valence-electron chi connectivity index (χ3n) is 3.91. The van der Waals surface area contributed by atoms with Crippen LogP contribution in [0.3, 0.4) is 0 Å². The molecule has 0 saturated heterocycles. The van der Waals surface area contributed by atoms with Crippen molar-refractivity contribution in [2.24, 2.45) is 5.92 Å². The normalized spacial score (nSPS) is 15.1. The molecule has 1 heterocycles. The Hall–Kier alpha value is -2.57. The number of hydrogen-bond acceptors (Lipinski definition) is 5. The molecule has 1 aromatic carbocycles. The average molecular weight is 365 g/mol. The zero-order chi connectivity index (χ0) is 19.3. The summed E-state index contributed by atoms with van der Waals surface area (Å²) in [4.78, 5) is 25.8. The second-order valence-corrected chi connectivity index (χ2v) is 6.35. The summed E-state index contributed by atoms with van der Waals surface area (Å²) in [5.74, 6) is -0.969. The number of esters is 1. The number of amides is 1. The molecule has 0 bridgehead atoms. The molecule has 26 heavy (non-hydrogen) atoms. The second-order valence-electron chi connectivity index (χ2n) is 6.35. The van der Waals surface area contributed by atoms with Crippen molar-refractivity contribution in [1.29, 1.82) is 0 Å². The highest BCUT2D eigenvalue weighted by molar-refractivity contribution is 5.94. The van der Waals surface area contributed by atoms with E-state index in [9.17, 15) is 14.0 Å². The largest absolute Gasteiger partial charge is 0.491 e.